The molecular formula is C26H36N6O6. The van der Waals surface area contributed by atoms with Crippen LogP contribution in [-0.2, 0) is 0 Å². The van der Waals surface area contributed by atoms with Crippen molar-refractivity contribution in [1.82, 2.24) is 25.4 Å². The van der Waals surface area contributed by atoms with E-state index in [0.717, 1.165) is 19.5 Å². The van der Waals surface area contributed by atoms with E-state index in [0.29, 0.717) is 25.3 Å². The molecule has 0 radical (unpaired) electrons. The number of fused-ring (bicyclic) bond motifs is 2. The van der Waals surface area contributed by atoms with Crippen molar-refractivity contribution in [2.45, 2.75) is 12.8 Å². The van der Waals surface area contributed by atoms with Crippen LogP contribution in [0.5, 0.6) is 11.5 Å². The van der Waals surface area contributed by atoms with Gasteiger partial charge in [-0.3, -0.25) is 14.4 Å². The molecule has 0 bridgehead atoms. The number of benzene rings is 2. The molecule has 0 saturated carbocycles. The minimum Gasteiger partial charge on any atom is -0.493 e. The number of methoxy groups -OCH3 is 2. The molecule has 3 rings (SSSR count). The van der Waals surface area contributed by atoms with Crippen molar-refractivity contribution in [2.75, 3.05) is 74.3 Å². The number of nitrogens with zero attached hydrogens (tertiary/aromatic N) is 3. The SMILES string of the molecule is COc1c2oc3c(OC)ccc(C(=O)NCCCN(C)C)c3nc-2c(C(=O)NCCCN(C)C)c(N)c1=O. The summed E-state index contributed by atoms with van der Waals surface area (Å²) in [6.45, 7) is 2.38. The van der Waals surface area contributed by atoms with Crippen molar-refractivity contribution < 1.29 is 23.5 Å². The Labute approximate surface area is 221 Å². The number of nitrogen functional groups attached to an aromatic ring is 1. The van der Waals surface area contributed by atoms with Crippen LogP contribution in [0.3, 0.4) is 0 Å². The first-order valence-electron chi connectivity index (χ1n) is 12.3. The summed E-state index contributed by atoms with van der Waals surface area (Å²) in [5, 5.41) is 5.67. The van der Waals surface area contributed by atoms with E-state index in [4.69, 9.17) is 19.6 Å². The van der Waals surface area contributed by atoms with Crippen LogP contribution in [0, 0.1) is 0 Å². The van der Waals surface area contributed by atoms with Crippen LogP contribution in [0.1, 0.15) is 33.6 Å². The molecule has 2 aliphatic rings. The molecule has 0 saturated heterocycles. The number of carbonyl (C=O) groups is 2. The van der Waals surface area contributed by atoms with Crippen LogP contribution in [-0.4, -0.2) is 95.2 Å². The van der Waals surface area contributed by atoms with Gasteiger partial charge in [0.25, 0.3) is 11.8 Å². The average molecular weight is 529 g/mol. The van der Waals surface area contributed by atoms with Crippen LogP contribution < -0.4 is 31.3 Å². The molecule has 206 valence electrons. The molecule has 2 amide bonds. The number of rotatable bonds is 12. The number of hydrogen-bond donors (Lipinski definition) is 3. The maximum absolute atomic E-state index is 13.2. The summed E-state index contributed by atoms with van der Waals surface area (Å²) in [6, 6.07) is 3.15. The van der Waals surface area contributed by atoms with Gasteiger partial charge in [0.05, 0.1) is 31.0 Å². The fourth-order valence-corrected chi connectivity index (χ4v) is 4.00. The van der Waals surface area contributed by atoms with Gasteiger partial charge in [0, 0.05) is 13.1 Å². The van der Waals surface area contributed by atoms with E-state index in [-0.39, 0.29) is 51.0 Å². The predicted molar refractivity (Wildman–Crippen MR) is 145 cm³/mol. The Morgan fingerprint density at radius 2 is 1.58 bits per heavy atom. The minimum absolute atomic E-state index is 0.00599. The van der Waals surface area contributed by atoms with E-state index in [9.17, 15) is 14.4 Å². The van der Waals surface area contributed by atoms with Gasteiger partial charge in [-0.05, 0) is 66.3 Å². The highest BCUT2D eigenvalue weighted by Gasteiger charge is 2.31. The largest absolute Gasteiger partial charge is 0.493 e. The molecule has 1 aromatic carbocycles. The van der Waals surface area contributed by atoms with Gasteiger partial charge in [0.2, 0.25) is 11.2 Å². The highest BCUT2D eigenvalue weighted by Crippen LogP contribution is 2.39. The van der Waals surface area contributed by atoms with Gasteiger partial charge in [-0.15, -0.1) is 0 Å². The molecule has 12 heteroatoms. The van der Waals surface area contributed by atoms with Crippen molar-refractivity contribution >= 4 is 28.6 Å². The second-order valence-electron chi connectivity index (χ2n) is 9.36. The highest BCUT2D eigenvalue weighted by atomic mass is 16.5. The Bertz CT molecular complexity index is 1340. The monoisotopic (exact) mass is 528 g/mol. The lowest BCUT2D eigenvalue weighted by molar-refractivity contribution is 0.0946. The number of hydrogen-bond acceptors (Lipinski definition) is 10. The lowest BCUT2D eigenvalue weighted by Crippen LogP contribution is -2.31. The lowest BCUT2D eigenvalue weighted by Gasteiger charge is -2.18. The molecule has 0 aromatic heterocycles. The summed E-state index contributed by atoms with van der Waals surface area (Å²) in [6.07, 6.45) is 1.44. The third-order valence-corrected chi connectivity index (χ3v) is 5.93. The summed E-state index contributed by atoms with van der Waals surface area (Å²) in [4.78, 5) is 48.0. The van der Waals surface area contributed by atoms with E-state index in [1.807, 2.05) is 38.0 Å². The number of nitrogens with two attached hydrogens (primary N) is 1. The number of anilines is 1. The lowest BCUT2D eigenvalue weighted by atomic mass is 10.0. The summed E-state index contributed by atoms with van der Waals surface area (Å²) >= 11 is 0. The molecule has 0 spiro atoms. The standard InChI is InChI=1S/C26H36N6O6/c1-31(2)13-7-11-28-25(34)15-9-10-16(36-5)22-19(15)30-20-17(26(35)29-12-8-14-32(3)4)18(27)21(33)24(37-6)23(20)38-22/h9-10H,7-8,11-14,27H2,1-6H3,(H,28,34)(H,29,35). The van der Waals surface area contributed by atoms with E-state index >= 15 is 0 Å². The van der Waals surface area contributed by atoms with Gasteiger partial charge in [0.1, 0.15) is 11.2 Å². The smallest absolute Gasteiger partial charge is 0.255 e. The number of carbonyl (C=O) groups excluding carboxylic acids is 2. The number of ether oxygens (including phenoxy) is 2. The Morgan fingerprint density at radius 3 is 2.13 bits per heavy atom. The van der Waals surface area contributed by atoms with E-state index in [1.54, 1.807) is 12.1 Å². The summed E-state index contributed by atoms with van der Waals surface area (Å²) in [5.41, 5.74) is 5.48. The molecular weight excluding hydrogens is 492 g/mol. The van der Waals surface area contributed by atoms with Crippen LogP contribution in [0.15, 0.2) is 21.3 Å². The third kappa shape index (κ3) is 6.14. The number of aromatic nitrogens is 1. The first-order chi connectivity index (χ1) is 18.1. The second kappa shape index (κ2) is 12.6. The first-order valence-corrected chi connectivity index (χ1v) is 12.3. The summed E-state index contributed by atoms with van der Waals surface area (Å²) in [7, 11) is 10.5. The van der Waals surface area contributed by atoms with E-state index in [2.05, 4.69) is 15.6 Å². The van der Waals surface area contributed by atoms with Gasteiger partial charge >= 0.3 is 0 Å². The number of amides is 2. The van der Waals surface area contributed by atoms with Crippen molar-refractivity contribution in [3.05, 3.63) is 33.5 Å². The van der Waals surface area contributed by atoms with Crippen LogP contribution in [0.2, 0.25) is 0 Å². The van der Waals surface area contributed by atoms with Gasteiger partial charge in [-0.25, -0.2) is 4.98 Å². The molecule has 12 nitrogen and oxygen atoms in total. The topological polar surface area (TPSA) is 152 Å². The van der Waals surface area contributed by atoms with Gasteiger partial charge in [-0.1, -0.05) is 0 Å². The second-order valence-corrected chi connectivity index (χ2v) is 9.36. The Morgan fingerprint density at radius 1 is 0.974 bits per heavy atom. The first kappa shape index (κ1) is 28.7. The van der Waals surface area contributed by atoms with Crippen LogP contribution in [0.25, 0.3) is 22.6 Å². The quantitative estimate of drug-likeness (QED) is 0.178. The third-order valence-electron chi connectivity index (χ3n) is 5.93. The Kier molecular flexibility index (Phi) is 9.48. The molecule has 38 heavy (non-hydrogen) atoms. The number of nitrogens with one attached hydrogen (secondary N) is 2. The predicted octanol–water partition coefficient (Wildman–Crippen LogP) is 1.26. The zero-order valence-electron chi connectivity index (χ0n) is 22.8. The highest BCUT2D eigenvalue weighted by molar-refractivity contribution is 6.09. The molecule has 4 N–H and O–H groups in total. The average Bonchev–Trinajstić information content (AvgIpc) is 2.88. The fourth-order valence-electron chi connectivity index (χ4n) is 4.00. The maximum Gasteiger partial charge on any atom is 0.255 e. The molecule has 1 aromatic rings. The molecule has 0 unspecified atom stereocenters. The molecule has 0 fully saturated rings. The van der Waals surface area contributed by atoms with Crippen LogP contribution in [0.4, 0.5) is 5.69 Å². The molecule has 0 atom stereocenters. The van der Waals surface area contributed by atoms with Crippen molar-refractivity contribution in [1.29, 1.82) is 0 Å². The van der Waals surface area contributed by atoms with Gasteiger partial charge in [0.15, 0.2) is 17.1 Å². The van der Waals surface area contributed by atoms with Gasteiger partial charge in [-0.2, -0.15) is 0 Å². The van der Waals surface area contributed by atoms with Crippen molar-refractivity contribution in [3.63, 3.8) is 0 Å². The van der Waals surface area contributed by atoms with Crippen LogP contribution >= 0.6 is 0 Å². The maximum atomic E-state index is 13.2. The Hall–Kier alpha value is -3.90. The molecule has 1 aliphatic heterocycles. The molecule has 1 heterocycles. The van der Waals surface area contributed by atoms with Crippen molar-refractivity contribution in [3.8, 4) is 23.0 Å². The molecule has 1 aliphatic carbocycles. The zero-order valence-corrected chi connectivity index (χ0v) is 22.8. The zero-order chi connectivity index (χ0) is 28.0. The summed E-state index contributed by atoms with van der Waals surface area (Å²) in [5.74, 6) is -0.921. The fraction of sp³-hybridized carbons (Fsp3) is 0.462. The van der Waals surface area contributed by atoms with Gasteiger partial charge < -0.3 is 40.1 Å². The van der Waals surface area contributed by atoms with E-state index in [1.165, 1.54) is 14.2 Å². The van der Waals surface area contributed by atoms with Crippen molar-refractivity contribution in [2.24, 2.45) is 0 Å². The summed E-state index contributed by atoms with van der Waals surface area (Å²) < 4.78 is 16.8. The normalized spacial score (nSPS) is 11.4. The Balaban J connectivity index is 2.16. The van der Waals surface area contributed by atoms with E-state index < -0.39 is 11.3 Å². The minimum atomic E-state index is -0.697.